The van der Waals surface area contributed by atoms with Crippen molar-refractivity contribution < 1.29 is 22.7 Å². The van der Waals surface area contributed by atoms with Gasteiger partial charge in [-0.05, 0) is 49.4 Å². The van der Waals surface area contributed by atoms with Crippen LogP contribution in [0.3, 0.4) is 0 Å². The van der Waals surface area contributed by atoms with E-state index in [1.807, 2.05) is 0 Å². The molecule has 1 N–H and O–H groups in total. The predicted molar refractivity (Wildman–Crippen MR) is 117 cm³/mol. The van der Waals surface area contributed by atoms with Crippen molar-refractivity contribution >= 4 is 50.8 Å². The van der Waals surface area contributed by atoms with Gasteiger partial charge in [0.15, 0.2) is 6.10 Å². The van der Waals surface area contributed by atoms with E-state index < -0.39 is 28.0 Å². The van der Waals surface area contributed by atoms with Gasteiger partial charge in [0.1, 0.15) is 0 Å². The van der Waals surface area contributed by atoms with Crippen LogP contribution in [-0.4, -0.2) is 43.8 Å². The van der Waals surface area contributed by atoms with Gasteiger partial charge in [0.2, 0.25) is 10.0 Å². The number of nitrogens with zero attached hydrogens (tertiary/aromatic N) is 1. The maximum atomic E-state index is 12.5. The Bertz CT molecular complexity index is 1020. The Morgan fingerprint density at radius 3 is 2.20 bits per heavy atom. The molecule has 1 unspecified atom stereocenters. The molecule has 0 bridgehead atoms. The summed E-state index contributed by atoms with van der Waals surface area (Å²) in [7, 11) is -3.63. The first-order chi connectivity index (χ1) is 14.1. The molecule has 2 rings (SSSR count). The standard InChI is InChI=1S/C20H22Cl2N2O5S/c1-4-24(5-2)30(27,28)16-9-6-14(7-10-16)20(26)29-13(3)19(25)23-18-11-8-15(21)12-17(18)22/h6-13H,4-5H2,1-3H3,(H,23,25). The van der Waals surface area contributed by atoms with Crippen LogP contribution in [0.5, 0.6) is 0 Å². The summed E-state index contributed by atoms with van der Waals surface area (Å²) in [6, 6.07) is 9.94. The van der Waals surface area contributed by atoms with Crippen molar-refractivity contribution in [3.8, 4) is 0 Å². The largest absolute Gasteiger partial charge is 0.449 e. The van der Waals surface area contributed by atoms with Crippen molar-refractivity contribution in [3.63, 3.8) is 0 Å². The molecule has 10 heteroatoms. The molecule has 162 valence electrons. The minimum atomic E-state index is -3.63. The van der Waals surface area contributed by atoms with Gasteiger partial charge in [0.25, 0.3) is 5.91 Å². The average molecular weight is 473 g/mol. The molecular formula is C20H22Cl2N2O5S. The molecule has 1 amide bonds. The van der Waals surface area contributed by atoms with Gasteiger partial charge in [-0.2, -0.15) is 4.31 Å². The van der Waals surface area contributed by atoms with E-state index in [0.29, 0.717) is 23.8 Å². The van der Waals surface area contributed by atoms with Crippen LogP contribution in [0, 0.1) is 0 Å². The Balaban J connectivity index is 2.05. The molecule has 0 aliphatic carbocycles. The molecule has 1 atom stereocenters. The van der Waals surface area contributed by atoms with Crippen molar-refractivity contribution in [1.29, 1.82) is 0 Å². The molecule has 0 aliphatic heterocycles. The second-order valence-corrected chi connectivity index (χ2v) is 9.06. The number of hydrogen-bond acceptors (Lipinski definition) is 5. The van der Waals surface area contributed by atoms with E-state index in [1.54, 1.807) is 19.9 Å². The smallest absolute Gasteiger partial charge is 0.338 e. The number of carbonyl (C=O) groups is 2. The topological polar surface area (TPSA) is 92.8 Å². The second kappa shape index (κ2) is 10.3. The van der Waals surface area contributed by atoms with Gasteiger partial charge >= 0.3 is 5.97 Å². The highest BCUT2D eigenvalue weighted by molar-refractivity contribution is 7.89. The Kier molecular flexibility index (Phi) is 8.25. The Hall–Kier alpha value is -2.13. The van der Waals surface area contributed by atoms with Crippen molar-refractivity contribution in [2.24, 2.45) is 0 Å². The Morgan fingerprint density at radius 2 is 1.67 bits per heavy atom. The molecule has 0 spiro atoms. The quantitative estimate of drug-likeness (QED) is 0.580. The fraction of sp³-hybridized carbons (Fsp3) is 0.300. The fourth-order valence-electron chi connectivity index (χ4n) is 2.58. The second-order valence-electron chi connectivity index (χ2n) is 6.27. The lowest BCUT2D eigenvalue weighted by Gasteiger charge is -2.18. The first kappa shape index (κ1) is 24.1. The van der Waals surface area contributed by atoms with E-state index in [2.05, 4.69) is 5.32 Å². The molecule has 0 fully saturated rings. The van der Waals surface area contributed by atoms with Crippen molar-refractivity contribution in [3.05, 3.63) is 58.1 Å². The third kappa shape index (κ3) is 5.72. The SMILES string of the molecule is CCN(CC)S(=O)(=O)c1ccc(C(=O)OC(C)C(=O)Nc2ccc(Cl)cc2Cl)cc1. The molecular weight excluding hydrogens is 451 g/mol. The number of benzene rings is 2. The fourth-order valence-corrected chi connectivity index (χ4v) is 4.50. The summed E-state index contributed by atoms with van der Waals surface area (Å²) < 4.78 is 31.5. The van der Waals surface area contributed by atoms with Gasteiger partial charge in [-0.25, -0.2) is 13.2 Å². The third-order valence-corrected chi connectivity index (χ3v) is 6.89. The van der Waals surface area contributed by atoms with Gasteiger partial charge in [-0.3, -0.25) is 4.79 Å². The summed E-state index contributed by atoms with van der Waals surface area (Å²) in [6.07, 6.45) is -1.11. The zero-order valence-electron chi connectivity index (χ0n) is 16.7. The van der Waals surface area contributed by atoms with E-state index in [0.717, 1.165) is 0 Å². The molecule has 7 nitrogen and oxygen atoms in total. The van der Waals surface area contributed by atoms with Gasteiger partial charge in [-0.1, -0.05) is 37.0 Å². The monoisotopic (exact) mass is 472 g/mol. The van der Waals surface area contributed by atoms with Gasteiger partial charge in [-0.15, -0.1) is 0 Å². The van der Waals surface area contributed by atoms with Crippen LogP contribution in [0.1, 0.15) is 31.1 Å². The zero-order valence-corrected chi connectivity index (χ0v) is 19.0. The van der Waals surface area contributed by atoms with E-state index in [4.69, 9.17) is 27.9 Å². The highest BCUT2D eigenvalue weighted by Gasteiger charge is 2.23. The highest BCUT2D eigenvalue weighted by Crippen LogP contribution is 2.25. The Morgan fingerprint density at radius 1 is 1.07 bits per heavy atom. The average Bonchev–Trinajstić information content (AvgIpc) is 2.70. The molecule has 0 saturated carbocycles. The van der Waals surface area contributed by atoms with Crippen LogP contribution < -0.4 is 5.32 Å². The van der Waals surface area contributed by atoms with Gasteiger partial charge < -0.3 is 10.1 Å². The van der Waals surface area contributed by atoms with Crippen LogP contribution in [0.25, 0.3) is 0 Å². The molecule has 0 saturated heterocycles. The summed E-state index contributed by atoms with van der Waals surface area (Å²) in [6.45, 7) is 5.59. The van der Waals surface area contributed by atoms with Crippen LogP contribution >= 0.6 is 23.2 Å². The van der Waals surface area contributed by atoms with Crippen LogP contribution in [-0.2, 0) is 19.6 Å². The van der Waals surface area contributed by atoms with E-state index in [-0.39, 0.29) is 15.5 Å². The normalized spacial score (nSPS) is 12.5. The number of anilines is 1. The third-order valence-electron chi connectivity index (χ3n) is 4.28. The zero-order chi connectivity index (χ0) is 22.5. The van der Waals surface area contributed by atoms with Crippen LogP contribution in [0.4, 0.5) is 5.69 Å². The number of hydrogen-bond donors (Lipinski definition) is 1. The number of nitrogens with one attached hydrogen (secondary N) is 1. The number of amides is 1. The lowest BCUT2D eigenvalue weighted by atomic mass is 10.2. The first-order valence-electron chi connectivity index (χ1n) is 9.17. The summed E-state index contributed by atoms with van der Waals surface area (Å²) in [5, 5.41) is 3.23. The summed E-state index contributed by atoms with van der Waals surface area (Å²) in [4.78, 5) is 24.7. The molecule has 0 heterocycles. The minimum absolute atomic E-state index is 0.0749. The summed E-state index contributed by atoms with van der Waals surface area (Å²) in [5.41, 5.74) is 0.456. The number of ether oxygens (including phenoxy) is 1. The summed E-state index contributed by atoms with van der Waals surface area (Å²) >= 11 is 11.8. The molecule has 2 aromatic carbocycles. The molecule has 2 aromatic rings. The number of sulfonamides is 1. The van der Waals surface area contributed by atoms with Crippen molar-refractivity contribution in [1.82, 2.24) is 4.31 Å². The number of halogens is 2. The first-order valence-corrected chi connectivity index (χ1v) is 11.4. The van der Waals surface area contributed by atoms with Crippen LogP contribution in [0.2, 0.25) is 10.0 Å². The molecule has 30 heavy (non-hydrogen) atoms. The minimum Gasteiger partial charge on any atom is -0.449 e. The molecule has 0 aromatic heterocycles. The highest BCUT2D eigenvalue weighted by atomic mass is 35.5. The van der Waals surface area contributed by atoms with E-state index >= 15 is 0 Å². The lowest BCUT2D eigenvalue weighted by Crippen LogP contribution is -2.31. The Labute approximate surface area is 186 Å². The maximum absolute atomic E-state index is 12.5. The van der Waals surface area contributed by atoms with Crippen LogP contribution in [0.15, 0.2) is 47.4 Å². The molecule has 0 radical (unpaired) electrons. The predicted octanol–water partition coefficient (Wildman–Crippen LogP) is 4.21. The van der Waals surface area contributed by atoms with Gasteiger partial charge in [0.05, 0.1) is 21.2 Å². The van der Waals surface area contributed by atoms with E-state index in [1.165, 1.54) is 47.6 Å². The lowest BCUT2D eigenvalue weighted by molar-refractivity contribution is -0.123. The van der Waals surface area contributed by atoms with Gasteiger partial charge in [0, 0.05) is 18.1 Å². The number of rotatable bonds is 8. The maximum Gasteiger partial charge on any atom is 0.338 e. The molecule has 0 aliphatic rings. The number of carbonyl (C=O) groups excluding carboxylic acids is 2. The summed E-state index contributed by atoms with van der Waals surface area (Å²) in [5.74, 6) is -1.33. The van der Waals surface area contributed by atoms with E-state index in [9.17, 15) is 18.0 Å². The van der Waals surface area contributed by atoms with Crippen molar-refractivity contribution in [2.45, 2.75) is 31.8 Å². The number of esters is 1. The van der Waals surface area contributed by atoms with Crippen molar-refractivity contribution in [2.75, 3.05) is 18.4 Å².